The number of nitrogens with one attached hydrogen (secondary N) is 2. The molecule has 3 rings (SSSR count). The van der Waals surface area contributed by atoms with Crippen molar-refractivity contribution in [2.75, 3.05) is 13.1 Å². The lowest BCUT2D eigenvalue weighted by Gasteiger charge is -2.19. The number of hydrogen-bond donors (Lipinski definition) is 2. The molecule has 0 aliphatic heterocycles. The highest BCUT2D eigenvalue weighted by Gasteiger charge is 2.14. The number of aliphatic imine (C=N–C) groups is 1. The number of aromatic nitrogens is 2. The second-order valence-electron chi connectivity index (χ2n) is 6.81. The molecule has 8 heteroatoms. The second-order valence-corrected chi connectivity index (χ2v) is 6.81. The summed E-state index contributed by atoms with van der Waals surface area (Å²) in [5.41, 5.74) is 2.51. The Morgan fingerprint density at radius 1 is 1.00 bits per heavy atom. The van der Waals surface area contributed by atoms with Gasteiger partial charge in [-0.3, -0.25) is 4.57 Å². The molecule has 5 nitrogen and oxygen atoms in total. The number of halogens is 3. The topological polar surface area (TPSA) is 54.2 Å². The fraction of sp³-hybridized carbons (Fsp3) is 0.304. The quantitative estimate of drug-likeness (QED) is 0.224. The molecule has 0 unspecified atom stereocenters. The van der Waals surface area contributed by atoms with Crippen molar-refractivity contribution in [3.63, 3.8) is 0 Å². The zero-order valence-electron chi connectivity index (χ0n) is 17.4. The fourth-order valence-electron chi connectivity index (χ4n) is 3.37. The van der Waals surface area contributed by atoms with Crippen LogP contribution in [0, 0.1) is 0 Å². The van der Waals surface area contributed by atoms with Gasteiger partial charge in [0.2, 0.25) is 0 Å². The standard InChI is InChI=1S/C23H27F2N5.HI/c1-2-26-23(29-17-21-27-15-16-30(21)22(24)25)28-14-13-20(18-9-5-3-6-10-18)19-11-7-4-8-12-19;/h3-12,15-16,20,22H,2,13-14,17H2,1H3,(H2,26,28,29);1H. The zero-order valence-corrected chi connectivity index (χ0v) is 19.7. The SMILES string of the molecule is CCNC(=NCc1nccn1C(F)F)NCCC(c1ccccc1)c1ccccc1.I. The summed E-state index contributed by atoms with van der Waals surface area (Å²) in [7, 11) is 0. The Kier molecular flexibility index (Phi) is 10.4. The van der Waals surface area contributed by atoms with Crippen molar-refractivity contribution in [1.29, 1.82) is 0 Å². The van der Waals surface area contributed by atoms with E-state index in [1.54, 1.807) is 0 Å². The minimum absolute atomic E-state index is 0. The van der Waals surface area contributed by atoms with Gasteiger partial charge in [0.25, 0.3) is 0 Å². The van der Waals surface area contributed by atoms with Crippen LogP contribution in [0.25, 0.3) is 0 Å². The molecule has 0 aliphatic rings. The van der Waals surface area contributed by atoms with E-state index in [0.717, 1.165) is 11.0 Å². The maximum Gasteiger partial charge on any atom is 0.319 e. The number of rotatable bonds is 9. The molecule has 0 atom stereocenters. The van der Waals surface area contributed by atoms with E-state index < -0.39 is 6.55 Å². The minimum atomic E-state index is -2.62. The van der Waals surface area contributed by atoms with Gasteiger partial charge < -0.3 is 10.6 Å². The molecule has 0 radical (unpaired) electrons. The number of guanidine groups is 1. The lowest BCUT2D eigenvalue weighted by molar-refractivity contribution is 0.0671. The second kappa shape index (κ2) is 13.0. The van der Waals surface area contributed by atoms with Crippen LogP contribution in [0.2, 0.25) is 0 Å². The maximum atomic E-state index is 13.0. The smallest absolute Gasteiger partial charge is 0.319 e. The van der Waals surface area contributed by atoms with Crippen molar-refractivity contribution < 1.29 is 8.78 Å². The summed E-state index contributed by atoms with van der Waals surface area (Å²) in [6.45, 7) is 0.784. The maximum absolute atomic E-state index is 13.0. The molecule has 0 amide bonds. The predicted molar refractivity (Wildman–Crippen MR) is 131 cm³/mol. The molecule has 2 aromatic carbocycles. The minimum Gasteiger partial charge on any atom is -0.357 e. The Morgan fingerprint density at radius 3 is 2.16 bits per heavy atom. The first-order valence-corrected chi connectivity index (χ1v) is 10.1. The molecule has 166 valence electrons. The van der Waals surface area contributed by atoms with Gasteiger partial charge >= 0.3 is 6.55 Å². The molecular weight excluding hydrogens is 511 g/mol. The molecule has 2 N–H and O–H groups in total. The first kappa shape index (κ1) is 24.8. The normalized spacial score (nSPS) is 11.5. The van der Waals surface area contributed by atoms with Gasteiger partial charge in [0, 0.05) is 31.4 Å². The predicted octanol–water partition coefficient (Wildman–Crippen LogP) is 5.17. The van der Waals surface area contributed by atoms with E-state index in [0.29, 0.717) is 19.0 Å². The van der Waals surface area contributed by atoms with Crippen LogP contribution in [0.15, 0.2) is 78.0 Å². The summed E-state index contributed by atoms with van der Waals surface area (Å²) in [6.07, 6.45) is 3.49. The highest BCUT2D eigenvalue weighted by Crippen LogP contribution is 2.27. The van der Waals surface area contributed by atoms with Gasteiger partial charge in [-0.15, -0.1) is 24.0 Å². The van der Waals surface area contributed by atoms with E-state index in [1.807, 2.05) is 19.1 Å². The van der Waals surface area contributed by atoms with Crippen molar-refractivity contribution in [2.24, 2.45) is 4.99 Å². The van der Waals surface area contributed by atoms with Crippen LogP contribution in [0.3, 0.4) is 0 Å². The summed E-state index contributed by atoms with van der Waals surface area (Å²) in [6, 6.07) is 20.8. The summed E-state index contributed by atoms with van der Waals surface area (Å²) in [4.78, 5) is 8.40. The van der Waals surface area contributed by atoms with E-state index in [-0.39, 0.29) is 42.3 Å². The Labute approximate surface area is 199 Å². The molecule has 0 saturated heterocycles. The Morgan fingerprint density at radius 2 is 1.61 bits per heavy atom. The van der Waals surface area contributed by atoms with Crippen molar-refractivity contribution >= 4 is 29.9 Å². The first-order chi connectivity index (χ1) is 14.7. The van der Waals surface area contributed by atoms with Crippen molar-refractivity contribution in [3.8, 4) is 0 Å². The van der Waals surface area contributed by atoms with Crippen LogP contribution < -0.4 is 10.6 Å². The highest BCUT2D eigenvalue weighted by molar-refractivity contribution is 14.0. The molecule has 3 aromatic rings. The lowest BCUT2D eigenvalue weighted by atomic mass is 9.88. The summed E-state index contributed by atoms with van der Waals surface area (Å²) >= 11 is 0. The van der Waals surface area contributed by atoms with Gasteiger partial charge in [-0.25, -0.2) is 9.98 Å². The summed E-state index contributed by atoms with van der Waals surface area (Å²) in [5, 5.41) is 6.48. The van der Waals surface area contributed by atoms with Crippen LogP contribution in [0.1, 0.15) is 42.8 Å². The van der Waals surface area contributed by atoms with Crippen LogP contribution >= 0.6 is 24.0 Å². The van der Waals surface area contributed by atoms with Crippen molar-refractivity contribution in [2.45, 2.75) is 32.4 Å². The molecular formula is C23H28F2IN5. The number of benzene rings is 2. The zero-order chi connectivity index (χ0) is 21.2. The number of imidazole rings is 1. The number of hydrogen-bond acceptors (Lipinski definition) is 2. The molecule has 1 aromatic heterocycles. The molecule has 0 saturated carbocycles. The van der Waals surface area contributed by atoms with E-state index >= 15 is 0 Å². The Balaban J connectivity index is 0.00000341. The first-order valence-electron chi connectivity index (χ1n) is 10.1. The average Bonchev–Trinajstić information content (AvgIpc) is 3.25. The molecule has 0 spiro atoms. The third-order valence-corrected chi connectivity index (χ3v) is 4.81. The van der Waals surface area contributed by atoms with E-state index in [4.69, 9.17) is 0 Å². The summed E-state index contributed by atoms with van der Waals surface area (Å²) in [5.74, 6) is 1.07. The van der Waals surface area contributed by atoms with Crippen LogP contribution in [0.5, 0.6) is 0 Å². The van der Waals surface area contributed by atoms with Crippen LogP contribution in [0.4, 0.5) is 8.78 Å². The van der Waals surface area contributed by atoms with E-state index in [9.17, 15) is 8.78 Å². The van der Waals surface area contributed by atoms with Gasteiger partial charge in [0.1, 0.15) is 12.4 Å². The van der Waals surface area contributed by atoms with E-state index in [1.165, 1.54) is 23.5 Å². The van der Waals surface area contributed by atoms with Gasteiger partial charge in [-0.05, 0) is 24.5 Å². The Bertz CT molecular complexity index is 876. The highest BCUT2D eigenvalue weighted by atomic mass is 127. The van der Waals surface area contributed by atoms with Gasteiger partial charge in [-0.2, -0.15) is 8.78 Å². The molecule has 31 heavy (non-hydrogen) atoms. The van der Waals surface area contributed by atoms with Gasteiger partial charge in [-0.1, -0.05) is 60.7 Å². The molecule has 0 fully saturated rings. The number of alkyl halides is 2. The Hall–Kier alpha value is -2.49. The van der Waals surface area contributed by atoms with E-state index in [2.05, 4.69) is 69.1 Å². The third-order valence-electron chi connectivity index (χ3n) is 4.81. The lowest BCUT2D eigenvalue weighted by Crippen LogP contribution is -2.38. The van der Waals surface area contributed by atoms with Crippen molar-refractivity contribution in [3.05, 3.63) is 90.0 Å². The third kappa shape index (κ3) is 7.30. The van der Waals surface area contributed by atoms with Crippen LogP contribution in [-0.2, 0) is 6.54 Å². The van der Waals surface area contributed by atoms with Gasteiger partial charge in [0.15, 0.2) is 5.96 Å². The molecule has 0 bridgehead atoms. The molecule has 1 heterocycles. The molecule has 0 aliphatic carbocycles. The number of nitrogens with zero attached hydrogens (tertiary/aromatic N) is 3. The average molecular weight is 539 g/mol. The monoisotopic (exact) mass is 539 g/mol. The van der Waals surface area contributed by atoms with Crippen molar-refractivity contribution in [1.82, 2.24) is 20.2 Å². The summed E-state index contributed by atoms with van der Waals surface area (Å²) < 4.78 is 26.8. The van der Waals surface area contributed by atoms with Crippen LogP contribution in [-0.4, -0.2) is 28.6 Å². The largest absolute Gasteiger partial charge is 0.357 e. The fourth-order valence-corrected chi connectivity index (χ4v) is 3.37. The van der Waals surface area contributed by atoms with Gasteiger partial charge in [0.05, 0.1) is 0 Å².